The molecule has 24 heavy (non-hydrogen) atoms. The van der Waals surface area contributed by atoms with Crippen LogP contribution in [0.15, 0.2) is 30.3 Å². The molecule has 0 radical (unpaired) electrons. The van der Waals surface area contributed by atoms with E-state index in [2.05, 4.69) is 34.5 Å². The highest BCUT2D eigenvalue weighted by molar-refractivity contribution is 5.76. The van der Waals surface area contributed by atoms with Crippen LogP contribution in [0, 0.1) is 0 Å². The van der Waals surface area contributed by atoms with Gasteiger partial charge >= 0.3 is 0 Å². The second kappa shape index (κ2) is 7.81. The van der Waals surface area contributed by atoms with E-state index >= 15 is 0 Å². The van der Waals surface area contributed by atoms with Crippen LogP contribution in [0.4, 0.5) is 0 Å². The summed E-state index contributed by atoms with van der Waals surface area (Å²) in [7, 11) is 1.68. The number of carbonyl (C=O) groups excluding carboxylic acids is 1. The lowest BCUT2D eigenvalue weighted by atomic mass is 9.91. The van der Waals surface area contributed by atoms with Crippen LogP contribution in [0.25, 0.3) is 6.08 Å². The molecule has 0 bridgehead atoms. The lowest BCUT2D eigenvalue weighted by Gasteiger charge is -2.40. The molecule has 0 aliphatic carbocycles. The Kier molecular flexibility index (Phi) is 5.53. The van der Waals surface area contributed by atoms with Crippen LogP contribution in [0.3, 0.4) is 0 Å². The molecule has 0 atom stereocenters. The predicted molar refractivity (Wildman–Crippen MR) is 94.0 cm³/mol. The summed E-state index contributed by atoms with van der Waals surface area (Å²) in [5.41, 5.74) is 1.03. The van der Waals surface area contributed by atoms with Gasteiger partial charge in [-0.15, -0.1) is 0 Å². The molecular formula is C19H26N2O3. The Morgan fingerprint density at radius 1 is 1.29 bits per heavy atom. The number of nitrogens with zero attached hydrogens (tertiary/aromatic N) is 1. The van der Waals surface area contributed by atoms with Gasteiger partial charge in [0.05, 0.1) is 19.3 Å². The zero-order valence-corrected chi connectivity index (χ0v) is 14.3. The summed E-state index contributed by atoms with van der Waals surface area (Å²) in [5, 5.41) is 2.99. The van der Waals surface area contributed by atoms with E-state index in [1.54, 1.807) is 7.11 Å². The van der Waals surface area contributed by atoms with Crippen molar-refractivity contribution in [3.05, 3.63) is 35.9 Å². The van der Waals surface area contributed by atoms with Crippen molar-refractivity contribution in [1.82, 2.24) is 10.2 Å². The summed E-state index contributed by atoms with van der Waals surface area (Å²) in [6.45, 7) is 4.14. The molecule has 2 heterocycles. The number of rotatable bonds is 4. The summed E-state index contributed by atoms with van der Waals surface area (Å²) in [6.07, 6.45) is 6.78. The normalized spacial score (nSPS) is 21.6. The van der Waals surface area contributed by atoms with Crippen molar-refractivity contribution in [2.24, 2.45) is 0 Å². The van der Waals surface area contributed by atoms with Gasteiger partial charge in [-0.05, 0) is 30.5 Å². The average molecular weight is 330 g/mol. The number of hydrogen-bond acceptors (Lipinski definition) is 4. The fourth-order valence-electron chi connectivity index (χ4n) is 3.28. The van der Waals surface area contributed by atoms with Gasteiger partial charge in [-0.2, -0.15) is 0 Å². The molecule has 2 aliphatic rings. The first kappa shape index (κ1) is 17.0. The van der Waals surface area contributed by atoms with Crippen LogP contribution in [0.1, 0.15) is 24.8 Å². The third-order valence-corrected chi connectivity index (χ3v) is 4.90. The standard InChI is InChI=1S/C19H26N2O3/c1-23-17-6-4-16(5-7-17)3-2-11-21-12-9-19(10-13-21)15-20-18(22)8-14-24-19/h2-7H,8-15H2,1H3,(H,20,22). The molecule has 2 saturated heterocycles. The zero-order valence-electron chi connectivity index (χ0n) is 14.3. The van der Waals surface area contributed by atoms with Gasteiger partial charge in [0.25, 0.3) is 0 Å². The summed E-state index contributed by atoms with van der Waals surface area (Å²) in [6, 6.07) is 8.06. The fraction of sp³-hybridized carbons (Fsp3) is 0.526. The van der Waals surface area contributed by atoms with Crippen molar-refractivity contribution in [2.75, 3.05) is 39.9 Å². The number of amides is 1. The van der Waals surface area contributed by atoms with Crippen LogP contribution >= 0.6 is 0 Å². The highest BCUT2D eigenvalue weighted by atomic mass is 16.5. The topological polar surface area (TPSA) is 50.8 Å². The number of likely N-dealkylation sites (tertiary alicyclic amines) is 1. The monoisotopic (exact) mass is 330 g/mol. The van der Waals surface area contributed by atoms with Gasteiger partial charge in [0, 0.05) is 32.6 Å². The van der Waals surface area contributed by atoms with Gasteiger partial charge in [0.15, 0.2) is 0 Å². The molecule has 2 fully saturated rings. The lowest BCUT2D eigenvalue weighted by molar-refractivity contribution is -0.120. The molecule has 5 nitrogen and oxygen atoms in total. The second-order valence-corrected chi connectivity index (χ2v) is 6.53. The number of carbonyl (C=O) groups is 1. The Hall–Kier alpha value is -1.85. The summed E-state index contributed by atoms with van der Waals surface area (Å²) < 4.78 is 11.2. The Balaban J connectivity index is 1.46. The molecule has 0 saturated carbocycles. The smallest absolute Gasteiger partial charge is 0.222 e. The number of methoxy groups -OCH3 is 1. The third kappa shape index (κ3) is 4.36. The lowest BCUT2D eigenvalue weighted by Crippen LogP contribution is -2.51. The number of piperidine rings is 1. The molecule has 5 heteroatoms. The highest BCUT2D eigenvalue weighted by Crippen LogP contribution is 2.27. The van der Waals surface area contributed by atoms with Gasteiger partial charge in [0.2, 0.25) is 5.91 Å². The molecule has 2 aliphatic heterocycles. The first-order valence-electron chi connectivity index (χ1n) is 8.63. The van der Waals surface area contributed by atoms with E-state index in [0.29, 0.717) is 19.6 Å². The van der Waals surface area contributed by atoms with E-state index in [-0.39, 0.29) is 11.5 Å². The van der Waals surface area contributed by atoms with E-state index in [1.165, 1.54) is 5.56 Å². The molecule has 3 rings (SSSR count). The van der Waals surface area contributed by atoms with Gasteiger partial charge < -0.3 is 14.8 Å². The Morgan fingerprint density at radius 3 is 2.75 bits per heavy atom. The van der Waals surface area contributed by atoms with Crippen LogP contribution in [0.5, 0.6) is 5.75 Å². The molecule has 130 valence electrons. The number of hydrogen-bond donors (Lipinski definition) is 1. The maximum absolute atomic E-state index is 11.5. The second-order valence-electron chi connectivity index (χ2n) is 6.53. The Morgan fingerprint density at radius 2 is 2.04 bits per heavy atom. The minimum Gasteiger partial charge on any atom is -0.497 e. The molecule has 1 aromatic carbocycles. The van der Waals surface area contributed by atoms with Crippen LogP contribution in [-0.4, -0.2) is 56.3 Å². The summed E-state index contributed by atoms with van der Waals surface area (Å²) in [5.74, 6) is 0.987. The van der Waals surface area contributed by atoms with Crippen molar-refractivity contribution >= 4 is 12.0 Å². The van der Waals surface area contributed by atoms with E-state index in [4.69, 9.17) is 9.47 Å². The predicted octanol–water partition coefficient (Wildman–Crippen LogP) is 2.08. The largest absolute Gasteiger partial charge is 0.497 e. The number of nitrogens with one attached hydrogen (secondary N) is 1. The maximum atomic E-state index is 11.5. The minimum atomic E-state index is -0.150. The SMILES string of the molecule is COc1ccc(C=CCN2CCC3(CC2)CNC(=O)CCO3)cc1. The fourth-order valence-corrected chi connectivity index (χ4v) is 3.28. The molecule has 1 N–H and O–H groups in total. The zero-order chi connectivity index (χ0) is 16.8. The average Bonchev–Trinajstić information content (AvgIpc) is 2.80. The van der Waals surface area contributed by atoms with Crippen LogP contribution in [0.2, 0.25) is 0 Å². The molecular weight excluding hydrogens is 304 g/mol. The van der Waals surface area contributed by atoms with Crippen molar-refractivity contribution in [3.8, 4) is 5.75 Å². The van der Waals surface area contributed by atoms with Crippen molar-refractivity contribution < 1.29 is 14.3 Å². The number of ether oxygens (including phenoxy) is 2. The first-order chi connectivity index (χ1) is 11.7. The highest BCUT2D eigenvalue weighted by Gasteiger charge is 2.37. The quantitative estimate of drug-likeness (QED) is 0.918. The van der Waals surface area contributed by atoms with Gasteiger partial charge in [-0.25, -0.2) is 0 Å². The van der Waals surface area contributed by atoms with Crippen LogP contribution in [-0.2, 0) is 9.53 Å². The summed E-state index contributed by atoms with van der Waals surface area (Å²) >= 11 is 0. The van der Waals surface area contributed by atoms with Crippen molar-refractivity contribution in [2.45, 2.75) is 24.9 Å². The van der Waals surface area contributed by atoms with Gasteiger partial charge in [0.1, 0.15) is 5.75 Å². The van der Waals surface area contributed by atoms with E-state index in [9.17, 15) is 4.79 Å². The third-order valence-electron chi connectivity index (χ3n) is 4.90. The van der Waals surface area contributed by atoms with Gasteiger partial charge in [-0.3, -0.25) is 9.69 Å². The molecule has 0 aromatic heterocycles. The molecule has 0 unspecified atom stereocenters. The minimum absolute atomic E-state index is 0.108. The maximum Gasteiger partial charge on any atom is 0.222 e. The van der Waals surface area contributed by atoms with E-state index in [1.807, 2.05) is 12.1 Å². The summed E-state index contributed by atoms with van der Waals surface area (Å²) in [4.78, 5) is 13.9. The molecule has 1 aromatic rings. The Labute approximate surface area is 143 Å². The molecule has 1 amide bonds. The Bertz CT molecular complexity index is 575. The van der Waals surface area contributed by atoms with Gasteiger partial charge in [-0.1, -0.05) is 24.3 Å². The first-order valence-corrected chi connectivity index (χ1v) is 8.63. The van der Waals surface area contributed by atoms with E-state index < -0.39 is 0 Å². The van der Waals surface area contributed by atoms with Crippen molar-refractivity contribution in [3.63, 3.8) is 0 Å². The van der Waals surface area contributed by atoms with E-state index in [0.717, 1.165) is 38.2 Å². The van der Waals surface area contributed by atoms with Crippen LogP contribution < -0.4 is 10.1 Å². The van der Waals surface area contributed by atoms with Crippen molar-refractivity contribution in [1.29, 1.82) is 0 Å². The number of benzene rings is 1. The molecule has 1 spiro atoms.